The topological polar surface area (TPSA) is 106 Å². The van der Waals surface area contributed by atoms with Gasteiger partial charge < -0.3 is 19.4 Å². The van der Waals surface area contributed by atoms with Gasteiger partial charge in [-0.1, -0.05) is 6.92 Å². The summed E-state index contributed by atoms with van der Waals surface area (Å²) in [6, 6.07) is 7.78. The number of sulfone groups is 1. The maximum Gasteiger partial charge on any atom is 0.331 e. The number of esters is 1. The van der Waals surface area contributed by atoms with Gasteiger partial charge in [0.05, 0.1) is 35.7 Å². The van der Waals surface area contributed by atoms with E-state index in [2.05, 4.69) is 5.32 Å². The van der Waals surface area contributed by atoms with E-state index in [1.165, 1.54) is 25.3 Å². The predicted molar refractivity (Wildman–Crippen MR) is 92.6 cm³/mol. The van der Waals surface area contributed by atoms with Gasteiger partial charge in [-0.2, -0.15) is 0 Å². The number of amides is 1. The van der Waals surface area contributed by atoms with Crippen molar-refractivity contribution >= 4 is 27.4 Å². The lowest BCUT2D eigenvalue weighted by Gasteiger charge is -2.29. The average Bonchev–Trinajstić information content (AvgIpc) is 3.13. The highest BCUT2D eigenvalue weighted by Crippen LogP contribution is 2.34. The first kappa shape index (κ1) is 18.0. The van der Waals surface area contributed by atoms with Crippen LogP contribution in [0.1, 0.15) is 12.7 Å². The third-order valence-corrected chi connectivity index (χ3v) is 5.66. The van der Waals surface area contributed by atoms with E-state index in [0.29, 0.717) is 11.4 Å². The largest absolute Gasteiger partial charge is 0.467 e. The zero-order valence-electron chi connectivity index (χ0n) is 14.1. The van der Waals surface area contributed by atoms with Crippen molar-refractivity contribution in [2.75, 3.05) is 23.7 Å². The third-order valence-electron chi connectivity index (χ3n) is 3.93. The molecule has 1 N–H and O–H groups in total. The van der Waals surface area contributed by atoms with Gasteiger partial charge in [-0.25, -0.2) is 13.2 Å². The summed E-state index contributed by atoms with van der Waals surface area (Å²) < 4.78 is 34.3. The minimum Gasteiger partial charge on any atom is -0.467 e. The molecule has 0 bridgehead atoms. The fourth-order valence-corrected chi connectivity index (χ4v) is 3.46. The summed E-state index contributed by atoms with van der Waals surface area (Å²) in [4.78, 5) is 25.6. The van der Waals surface area contributed by atoms with Crippen molar-refractivity contribution in [2.24, 2.45) is 0 Å². The Hall–Kier alpha value is -2.81. The van der Waals surface area contributed by atoms with E-state index < -0.39 is 15.8 Å². The summed E-state index contributed by atoms with van der Waals surface area (Å²) in [6.07, 6.45) is 1.51. The normalized spacial score (nSPS) is 13.9. The molecule has 0 saturated heterocycles. The van der Waals surface area contributed by atoms with Gasteiger partial charge in [-0.3, -0.25) is 4.79 Å². The van der Waals surface area contributed by atoms with Gasteiger partial charge >= 0.3 is 5.97 Å². The SMILES string of the molecule is CCS(=O)(=O)c1ccc2c(c1)OC(=O)CN2CC(=O)NCc1ccco1. The van der Waals surface area contributed by atoms with Crippen molar-refractivity contribution < 1.29 is 27.2 Å². The summed E-state index contributed by atoms with van der Waals surface area (Å²) in [5, 5.41) is 2.70. The quantitative estimate of drug-likeness (QED) is 0.593. The first-order valence-electron chi connectivity index (χ1n) is 8.00. The van der Waals surface area contributed by atoms with Crippen LogP contribution in [-0.4, -0.2) is 39.1 Å². The highest BCUT2D eigenvalue weighted by atomic mass is 32.2. The highest BCUT2D eigenvalue weighted by Gasteiger charge is 2.27. The number of hydrogen-bond donors (Lipinski definition) is 1. The van der Waals surface area contributed by atoms with Gasteiger partial charge in [0.15, 0.2) is 15.6 Å². The maximum absolute atomic E-state index is 12.2. The lowest BCUT2D eigenvalue weighted by Crippen LogP contribution is -2.43. The Balaban J connectivity index is 1.75. The van der Waals surface area contributed by atoms with E-state index in [0.717, 1.165) is 0 Å². The first-order chi connectivity index (χ1) is 12.4. The standard InChI is InChI=1S/C17H18N2O6S/c1-2-26(22,23)13-5-6-14-15(8-13)25-17(21)11-19(14)10-16(20)18-9-12-4-3-7-24-12/h3-8H,2,9-11H2,1H3,(H,18,20). The molecule has 3 rings (SSSR count). The molecule has 9 heteroatoms. The number of ether oxygens (including phenoxy) is 1. The van der Waals surface area contributed by atoms with Gasteiger partial charge in [0, 0.05) is 6.07 Å². The van der Waals surface area contributed by atoms with E-state index in [4.69, 9.17) is 9.15 Å². The second-order valence-corrected chi connectivity index (χ2v) is 8.00. The molecule has 1 aromatic carbocycles. The Morgan fingerprint density at radius 2 is 2.12 bits per heavy atom. The second kappa shape index (κ2) is 7.20. The van der Waals surface area contributed by atoms with Crippen LogP contribution in [-0.2, 0) is 26.0 Å². The van der Waals surface area contributed by atoms with Crippen LogP contribution >= 0.6 is 0 Å². The van der Waals surface area contributed by atoms with Crippen LogP contribution in [0.4, 0.5) is 5.69 Å². The van der Waals surface area contributed by atoms with Crippen LogP contribution < -0.4 is 15.0 Å². The number of benzene rings is 1. The van der Waals surface area contributed by atoms with Gasteiger partial charge in [-0.15, -0.1) is 0 Å². The van der Waals surface area contributed by atoms with E-state index in [1.807, 2.05) is 0 Å². The Kier molecular flexibility index (Phi) is 4.99. The molecule has 0 fully saturated rings. The molecular weight excluding hydrogens is 360 g/mol. The van der Waals surface area contributed by atoms with E-state index in [9.17, 15) is 18.0 Å². The molecule has 1 aliphatic rings. The molecule has 1 amide bonds. The molecule has 0 atom stereocenters. The van der Waals surface area contributed by atoms with Crippen molar-refractivity contribution in [3.05, 3.63) is 42.4 Å². The molecule has 8 nitrogen and oxygen atoms in total. The Bertz CT molecular complexity index is 921. The molecule has 0 spiro atoms. The summed E-state index contributed by atoms with van der Waals surface area (Å²) in [5.41, 5.74) is 0.493. The van der Waals surface area contributed by atoms with Gasteiger partial charge in [0.1, 0.15) is 12.3 Å². The van der Waals surface area contributed by atoms with Crippen molar-refractivity contribution in [3.8, 4) is 5.75 Å². The Morgan fingerprint density at radius 3 is 2.81 bits per heavy atom. The molecule has 26 heavy (non-hydrogen) atoms. The molecule has 0 saturated carbocycles. The summed E-state index contributed by atoms with van der Waals surface area (Å²) in [6.45, 7) is 1.62. The fourth-order valence-electron chi connectivity index (χ4n) is 2.56. The molecule has 0 radical (unpaired) electrons. The number of anilines is 1. The molecule has 0 aliphatic carbocycles. The Labute approximate surface area is 150 Å². The molecule has 1 aromatic heterocycles. The number of nitrogens with zero attached hydrogens (tertiary/aromatic N) is 1. The molecule has 0 unspecified atom stereocenters. The predicted octanol–water partition coefficient (Wildman–Crippen LogP) is 1.11. The number of furan rings is 1. The molecule has 138 valence electrons. The minimum absolute atomic E-state index is 0.0569. The number of carbonyl (C=O) groups excluding carboxylic acids is 2. The molecule has 2 heterocycles. The smallest absolute Gasteiger partial charge is 0.331 e. The molecule has 2 aromatic rings. The van der Waals surface area contributed by atoms with E-state index in [-0.39, 0.29) is 41.9 Å². The van der Waals surface area contributed by atoms with Gasteiger partial charge in [-0.05, 0) is 24.3 Å². The fraction of sp³-hybridized carbons (Fsp3) is 0.294. The number of nitrogens with one attached hydrogen (secondary N) is 1. The van der Waals surface area contributed by atoms with Crippen molar-refractivity contribution in [1.82, 2.24) is 5.32 Å². The van der Waals surface area contributed by atoms with Crippen LogP contribution in [0, 0.1) is 0 Å². The number of hydrogen-bond acceptors (Lipinski definition) is 7. The van der Waals surface area contributed by atoms with Crippen LogP contribution in [0.25, 0.3) is 0 Å². The van der Waals surface area contributed by atoms with Gasteiger partial charge in [0.25, 0.3) is 0 Å². The zero-order chi connectivity index (χ0) is 18.7. The van der Waals surface area contributed by atoms with Crippen molar-refractivity contribution in [2.45, 2.75) is 18.4 Å². The second-order valence-electron chi connectivity index (χ2n) is 5.72. The van der Waals surface area contributed by atoms with Crippen LogP contribution in [0.5, 0.6) is 5.75 Å². The number of fused-ring (bicyclic) bond motifs is 1. The van der Waals surface area contributed by atoms with Crippen LogP contribution in [0.2, 0.25) is 0 Å². The summed E-state index contributed by atoms with van der Waals surface area (Å²) in [5.74, 6) is -0.158. The van der Waals surface area contributed by atoms with E-state index in [1.54, 1.807) is 23.1 Å². The first-order valence-corrected chi connectivity index (χ1v) is 9.66. The molecular formula is C17H18N2O6S. The summed E-state index contributed by atoms with van der Waals surface area (Å²) >= 11 is 0. The van der Waals surface area contributed by atoms with Crippen molar-refractivity contribution in [3.63, 3.8) is 0 Å². The van der Waals surface area contributed by atoms with Crippen molar-refractivity contribution in [1.29, 1.82) is 0 Å². The lowest BCUT2D eigenvalue weighted by atomic mass is 10.2. The average molecular weight is 378 g/mol. The highest BCUT2D eigenvalue weighted by molar-refractivity contribution is 7.91. The monoisotopic (exact) mass is 378 g/mol. The van der Waals surface area contributed by atoms with E-state index >= 15 is 0 Å². The number of carbonyl (C=O) groups is 2. The lowest BCUT2D eigenvalue weighted by molar-refractivity contribution is -0.133. The summed E-state index contributed by atoms with van der Waals surface area (Å²) in [7, 11) is -3.42. The zero-order valence-corrected chi connectivity index (χ0v) is 14.9. The van der Waals surface area contributed by atoms with Crippen LogP contribution in [0.3, 0.4) is 0 Å². The Morgan fingerprint density at radius 1 is 1.31 bits per heavy atom. The maximum atomic E-state index is 12.2. The minimum atomic E-state index is -3.42. The van der Waals surface area contributed by atoms with Crippen LogP contribution in [0.15, 0.2) is 45.9 Å². The van der Waals surface area contributed by atoms with Gasteiger partial charge in [0.2, 0.25) is 5.91 Å². The third kappa shape index (κ3) is 3.88. The molecule has 1 aliphatic heterocycles. The number of rotatable bonds is 6.